The fourth-order valence-corrected chi connectivity index (χ4v) is 2.16. The lowest BCUT2D eigenvalue weighted by Crippen LogP contribution is -2.42. The van der Waals surface area contributed by atoms with Gasteiger partial charge in [-0.25, -0.2) is 5.43 Å². The van der Waals surface area contributed by atoms with Crippen molar-refractivity contribution in [2.75, 3.05) is 6.61 Å². The van der Waals surface area contributed by atoms with Crippen LogP contribution in [0.25, 0.3) is 0 Å². The zero-order valence-electron chi connectivity index (χ0n) is 12.5. The van der Waals surface area contributed by atoms with Gasteiger partial charge in [0.25, 0.3) is 5.91 Å². The molecule has 6 nitrogen and oxygen atoms in total. The lowest BCUT2D eigenvalue weighted by atomic mass is 10.1. The third kappa shape index (κ3) is 3.42. The molecular weight excluding hydrogens is 296 g/mol. The Hall–Kier alpha value is -3.02. The van der Waals surface area contributed by atoms with E-state index in [1.165, 1.54) is 6.21 Å². The summed E-state index contributed by atoms with van der Waals surface area (Å²) in [7, 11) is 0. The van der Waals surface area contributed by atoms with Crippen LogP contribution in [0.5, 0.6) is 17.2 Å². The van der Waals surface area contributed by atoms with E-state index in [-0.39, 0.29) is 12.4 Å². The molecule has 0 radical (unpaired) electrons. The Morgan fingerprint density at radius 2 is 2.09 bits per heavy atom. The van der Waals surface area contributed by atoms with Crippen molar-refractivity contribution in [1.82, 2.24) is 5.43 Å². The zero-order chi connectivity index (χ0) is 16.2. The Bertz CT molecular complexity index is 758. The molecule has 0 aliphatic carbocycles. The number of benzene rings is 2. The molecule has 2 N–H and O–H groups in total. The molecule has 0 fully saturated rings. The number of amides is 1. The summed E-state index contributed by atoms with van der Waals surface area (Å²) in [6.07, 6.45) is 0.617. The molecule has 6 heteroatoms. The first kappa shape index (κ1) is 14.9. The van der Waals surface area contributed by atoms with Gasteiger partial charge < -0.3 is 14.6 Å². The summed E-state index contributed by atoms with van der Waals surface area (Å²) in [4.78, 5) is 12.1. The van der Waals surface area contributed by atoms with Crippen LogP contribution in [0.15, 0.2) is 47.6 Å². The number of phenolic OH excluding ortho intramolecular Hbond substituents is 1. The molecule has 1 unspecified atom stereocenters. The number of hydrogen-bond donors (Lipinski definition) is 2. The van der Waals surface area contributed by atoms with E-state index < -0.39 is 12.0 Å². The molecule has 1 aliphatic heterocycles. The van der Waals surface area contributed by atoms with Crippen LogP contribution >= 0.6 is 0 Å². The number of nitrogens with one attached hydrogen (secondary N) is 1. The highest BCUT2D eigenvalue weighted by Crippen LogP contribution is 2.30. The maximum absolute atomic E-state index is 12.1. The molecule has 1 aliphatic rings. The van der Waals surface area contributed by atoms with Crippen molar-refractivity contribution in [3.63, 3.8) is 0 Å². The van der Waals surface area contributed by atoms with Gasteiger partial charge in [-0.1, -0.05) is 23.8 Å². The van der Waals surface area contributed by atoms with Gasteiger partial charge in [-0.15, -0.1) is 0 Å². The van der Waals surface area contributed by atoms with Crippen LogP contribution in [0.1, 0.15) is 11.1 Å². The number of carbonyl (C=O) groups excluding carboxylic acids is 1. The van der Waals surface area contributed by atoms with Crippen molar-refractivity contribution < 1.29 is 19.4 Å². The van der Waals surface area contributed by atoms with Crippen LogP contribution in [0.2, 0.25) is 0 Å². The van der Waals surface area contributed by atoms with Crippen LogP contribution in [-0.2, 0) is 4.79 Å². The largest absolute Gasteiger partial charge is 0.507 e. The number of aromatic hydroxyl groups is 1. The molecule has 0 spiro atoms. The van der Waals surface area contributed by atoms with Crippen molar-refractivity contribution in [2.45, 2.75) is 13.0 Å². The summed E-state index contributed by atoms with van der Waals surface area (Å²) in [6.45, 7) is 2.02. The number of hydrazone groups is 1. The summed E-state index contributed by atoms with van der Waals surface area (Å²) >= 11 is 0. The second kappa shape index (κ2) is 6.39. The van der Waals surface area contributed by atoms with Crippen molar-refractivity contribution in [1.29, 1.82) is 0 Å². The molecule has 2 aromatic rings. The van der Waals surface area contributed by atoms with E-state index in [0.717, 1.165) is 5.56 Å². The van der Waals surface area contributed by atoms with E-state index in [4.69, 9.17) is 9.47 Å². The second-order valence-corrected chi connectivity index (χ2v) is 5.16. The number of nitrogens with zero attached hydrogens (tertiary/aromatic N) is 1. The van der Waals surface area contributed by atoms with E-state index in [2.05, 4.69) is 10.5 Å². The van der Waals surface area contributed by atoms with Gasteiger partial charge in [0.2, 0.25) is 6.10 Å². The number of phenols is 1. The normalized spacial score (nSPS) is 16.3. The Labute approximate surface area is 133 Å². The zero-order valence-corrected chi connectivity index (χ0v) is 12.5. The lowest BCUT2D eigenvalue weighted by Gasteiger charge is -2.24. The van der Waals surface area contributed by atoms with Gasteiger partial charge in [-0.2, -0.15) is 5.10 Å². The Balaban J connectivity index is 1.62. The Morgan fingerprint density at radius 1 is 1.30 bits per heavy atom. The average molecular weight is 312 g/mol. The maximum atomic E-state index is 12.1. The molecule has 1 amide bonds. The molecule has 0 aromatic heterocycles. The van der Waals surface area contributed by atoms with Crippen LogP contribution in [0, 0.1) is 6.92 Å². The topological polar surface area (TPSA) is 80.2 Å². The highest BCUT2D eigenvalue weighted by atomic mass is 16.6. The standard InChI is InChI=1S/C17H16N2O4/c1-11-6-7-13(20)12(8-11)9-18-19-17(21)16-10-22-14-4-2-3-5-15(14)23-16/h2-9,16,20H,10H2,1H3,(H,19,21)/b18-9+. The minimum absolute atomic E-state index is 0.0970. The number of para-hydroxylation sites is 2. The van der Waals surface area contributed by atoms with Crippen molar-refractivity contribution in [2.24, 2.45) is 5.10 Å². The molecule has 2 aromatic carbocycles. The number of ether oxygens (including phenoxy) is 2. The predicted molar refractivity (Wildman–Crippen MR) is 84.9 cm³/mol. The van der Waals surface area contributed by atoms with Gasteiger partial charge in [-0.3, -0.25) is 4.79 Å². The minimum atomic E-state index is -0.770. The summed E-state index contributed by atoms with van der Waals surface area (Å²) in [5.74, 6) is 0.826. The highest BCUT2D eigenvalue weighted by Gasteiger charge is 2.26. The van der Waals surface area contributed by atoms with Crippen molar-refractivity contribution in [3.8, 4) is 17.2 Å². The fraction of sp³-hybridized carbons (Fsp3) is 0.176. The van der Waals surface area contributed by atoms with Gasteiger partial charge in [-0.05, 0) is 31.2 Å². The average Bonchev–Trinajstić information content (AvgIpc) is 2.57. The van der Waals surface area contributed by atoms with Crippen molar-refractivity contribution >= 4 is 12.1 Å². The number of aryl methyl sites for hydroxylation is 1. The molecule has 1 atom stereocenters. The summed E-state index contributed by atoms with van der Waals surface area (Å²) in [5, 5.41) is 13.6. The van der Waals surface area contributed by atoms with Gasteiger partial charge in [0.15, 0.2) is 11.5 Å². The number of fused-ring (bicyclic) bond motifs is 1. The van der Waals surface area contributed by atoms with E-state index in [0.29, 0.717) is 17.1 Å². The van der Waals surface area contributed by atoms with Crippen molar-refractivity contribution in [3.05, 3.63) is 53.6 Å². The Kier molecular flexibility index (Phi) is 4.14. The monoisotopic (exact) mass is 312 g/mol. The van der Waals surface area contributed by atoms with Gasteiger partial charge >= 0.3 is 0 Å². The summed E-state index contributed by atoms with van der Waals surface area (Å²) in [6, 6.07) is 12.3. The third-order valence-electron chi connectivity index (χ3n) is 3.36. The lowest BCUT2D eigenvalue weighted by molar-refractivity contribution is -0.130. The smallest absolute Gasteiger partial charge is 0.284 e. The second-order valence-electron chi connectivity index (χ2n) is 5.16. The predicted octanol–water partition coefficient (Wildman–Crippen LogP) is 1.99. The van der Waals surface area contributed by atoms with Gasteiger partial charge in [0.05, 0.1) is 6.21 Å². The van der Waals surface area contributed by atoms with Gasteiger partial charge in [0.1, 0.15) is 12.4 Å². The third-order valence-corrected chi connectivity index (χ3v) is 3.36. The first-order chi connectivity index (χ1) is 11.1. The first-order valence-electron chi connectivity index (χ1n) is 7.14. The SMILES string of the molecule is Cc1ccc(O)c(/C=N/NC(=O)C2COc3ccccc3O2)c1. The molecule has 3 rings (SSSR count). The number of rotatable bonds is 3. The van der Waals surface area contributed by atoms with E-state index in [1.54, 1.807) is 36.4 Å². The quantitative estimate of drug-likeness (QED) is 0.671. The fourth-order valence-electron chi connectivity index (χ4n) is 2.16. The van der Waals surface area contributed by atoms with E-state index in [9.17, 15) is 9.90 Å². The molecule has 1 heterocycles. The number of carbonyl (C=O) groups is 1. The van der Waals surface area contributed by atoms with Crippen LogP contribution in [0.3, 0.4) is 0 Å². The Morgan fingerprint density at radius 3 is 2.91 bits per heavy atom. The molecule has 0 bridgehead atoms. The van der Waals surface area contributed by atoms with Gasteiger partial charge in [0, 0.05) is 5.56 Å². The first-order valence-corrected chi connectivity index (χ1v) is 7.14. The molecule has 118 valence electrons. The summed E-state index contributed by atoms with van der Waals surface area (Å²) < 4.78 is 11.1. The molecule has 0 saturated carbocycles. The summed E-state index contributed by atoms with van der Waals surface area (Å²) in [5.41, 5.74) is 3.90. The van der Waals surface area contributed by atoms with Crippen LogP contribution in [0.4, 0.5) is 0 Å². The minimum Gasteiger partial charge on any atom is -0.507 e. The van der Waals surface area contributed by atoms with E-state index in [1.807, 2.05) is 13.0 Å². The number of hydrogen-bond acceptors (Lipinski definition) is 5. The highest BCUT2D eigenvalue weighted by molar-refractivity contribution is 5.86. The molecular formula is C17H16N2O4. The maximum Gasteiger partial charge on any atom is 0.284 e. The van der Waals surface area contributed by atoms with E-state index >= 15 is 0 Å². The van der Waals surface area contributed by atoms with Crippen LogP contribution in [-0.4, -0.2) is 29.9 Å². The molecule has 23 heavy (non-hydrogen) atoms. The molecule has 0 saturated heterocycles. The van der Waals surface area contributed by atoms with Crippen LogP contribution < -0.4 is 14.9 Å².